The molecule has 5 nitrogen and oxygen atoms in total. The predicted octanol–water partition coefficient (Wildman–Crippen LogP) is 2.87. The van der Waals surface area contributed by atoms with Crippen molar-refractivity contribution < 1.29 is 18.8 Å². The van der Waals surface area contributed by atoms with Gasteiger partial charge in [-0.25, -0.2) is 14.1 Å². The lowest BCUT2D eigenvalue weighted by Crippen LogP contribution is -2.64. The van der Waals surface area contributed by atoms with Gasteiger partial charge in [-0.05, 0) is 31.0 Å². The largest absolute Gasteiger partial charge is 0.335 e. The van der Waals surface area contributed by atoms with Gasteiger partial charge in [-0.3, -0.25) is 14.9 Å². The Kier molecular flexibility index (Phi) is 4.00. The fourth-order valence-corrected chi connectivity index (χ4v) is 2.59. The monoisotopic (exact) mass is 312 g/mol. The van der Waals surface area contributed by atoms with Gasteiger partial charge in [0.05, 0.1) is 5.69 Å². The molecule has 0 saturated carbocycles. The number of nitrogens with one attached hydrogen (secondary N) is 1. The lowest BCUT2D eigenvalue weighted by molar-refractivity contribution is -0.143. The Bertz CT molecular complexity index is 629. The molecule has 1 aliphatic heterocycles. The number of barbiturate groups is 1. The maximum absolute atomic E-state index is 13.9. The fourth-order valence-electron chi connectivity index (χ4n) is 2.43. The molecule has 1 saturated heterocycles. The first-order valence-corrected chi connectivity index (χ1v) is 6.90. The van der Waals surface area contributed by atoms with Gasteiger partial charge in [-0.1, -0.05) is 25.4 Å². The third-order valence-corrected chi connectivity index (χ3v) is 4.06. The van der Waals surface area contributed by atoms with Gasteiger partial charge in [-0.15, -0.1) is 0 Å². The van der Waals surface area contributed by atoms with E-state index in [1.54, 1.807) is 13.8 Å². The molecule has 1 aromatic rings. The first-order valence-electron chi connectivity index (χ1n) is 6.52. The van der Waals surface area contributed by atoms with Crippen molar-refractivity contribution in [1.29, 1.82) is 0 Å². The topological polar surface area (TPSA) is 66.5 Å². The number of carbonyl (C=O) groups excluding carboxylic acids is 3. The van der Waals surface area contributed by atoms with Crippen molar-refractivity contribution in [3.05, 3.63) is 29.0 Å². The molecule has 0 radical (unpaired) electrons. The second-order valence-corrected chi connectivity index (χ2v) is 5.22. The Hall–Kier alpha value is -1.95. The zero-order chi connectivity index (χ0) is 15.8. The minimum atomic E-state index is -1.37. The Morgan fingerprint density at radius 3 is 2.43 bits per heavy atom. The summed E-state index contributed by atoms with van der Waals surface area (Å²) < 4.78 is 13.9. The van der Waals surface area contributed by atoms with Crippen LogP contribution in [0.1, 0.15) is 26.7 Å². The number of hydrogen-bond donors (Lipinski definition) is 1. The van der Waals surface area contributed by atoms with E-state index in [4.69, 9.17) is 11.6 Å². The summed E-state index contributed by atoms with van der Waals surface area (Å²) in [7, 11) is 0. The van der Waals surface area contributed by atoms with Crippen LogP contribution in [0, 0.1) is 11.2 Å². The second kappa shape index (κ2) is 5.44. The first kappa shape index (κ1) is 15.4. The van der Waals surface area contributed by atoms with Gasteiger partial charge in [-0.2, -0.15) is 0 Å². The lowest BCUT2D eigenvalue weighted by Gasteiger charge is -2.38. The van der Waals surface area contributed by atoms with Crippen LogP contribution in [0.3, 0.4) is 0 Å². The molecule has 1 aromatic carbocycles. The van der Waals surface area contributed by atoms with Crippen LogP contribution in [0.4, 0.5) is 14.9 Å². The molecule has 2 rings (SSSR count). The van der Waals surface area contributed by atoms with E-state index in [0.717, 1.165) is 6.07 Å². The number of carbonyl (C=O) groups is 3. The van der Waals surface area contributed by atoms with Crippen LogP contribution in [0.2, 0.25) is 5.02 Å². The molecule has 0 atom stereocenters. The molecular weight excluding hydrogens is 299 g/mol. The van der Waals surface area contributed by atoms with Crippen LogP contribution in [0.25, 0.3) is 0 Å². The van der Waals surface area contributed by atoms with Gasteiger partial charge in [0.15, 0.2) is 0 Å². The van der Waals surface area contributed by atoms with Crippen molar-refractivity contribution in [2.75, 3.05) is 4.90 Å². The van der Waals surface area contributed by atoms with E-state index in [0.29, 0.717) is 4.90 Å². The van der Waals surface area contributed by atoms with Gasteiger partial charge in [0.2, 0.25) is 5.91 Å². The van der Waals surface area contributed by atoms with Crippen LogP contribution in [-0.2, 0) is 9.59 Å². The Balaban J connectivity index is 2.57. The quantitative estimate of drug-likeness (QED) is 0.873. The number of urea groups is 1. The minimum absolute atomic E-state index is 0.183. The number of amides is 4. The SMILES string of the molecule is CCC1(CC)C(=O)NC(=O)N(c2cc(Cl)ccc2F)C1=O. The first-order chi connectivity index (χ1) is 9.87. The smallest absolute Gasteiger partial charge is 0.276 e. The maximum Gasteiger partial charge on any atom is 0.335 e. The molecule has 1 fully saturated rings. The molecule has 0 spiro atoms. The highest BCUT2D eigenvalue weighted by atomic mass is 35.5. The molecule has 112 valence electrons. The normalized spacial score (nSPS) is 17.9. The average molecular weight is 313 g/mol. The Labute approximate surface area is 126 Å². The van der Waals surface area contributed by atoms with Gasteiger partial charge >= 0.3 is 6.03 Å². The molecule has 4 amide bonds. The summed E-state index contributed by atoms with van der Waals surface area (Å²) in [6, 6.07) is 2.59. The van der Waals surface area contributed by atoms with Crippen molar-refractivity contribution in [3.8, 4) is 0 Å². The number of rotatable bonds is 3. The Morgan fingerprint density at radius 2 is 1.86 bits per heavy atom. The standard InChI is InChI=1S/C14H14ClFN2O3/c1-3-14(4-2)11(19)17-13(21)18(12(14)20)10-7-8(15)5-6-9(10)16/h5-7H,3-4H2,1-2H3,(H,17,19,21). The highest BCUT2D eigenvalue weighted by Crippen LogP contribution is 2.36. The molecule has 0 aromatic heterocycles. The number of benzene rings is 1. The summed E-state index contributed by atoms with van der Waals surface area (Å²) in [6.45, 7) is 3.34. The van der Waals surface area contributed by atoms with E-state index in [2.05, 4.69) is 5.32 Å². The lowest BCUT2D eigenvalue weighted by atomic mass is 9.78. The average Bonchev–Trinajstić information content (AvgIpc) is 2.44. The second-order valence-electron chi connectivity index (χ2n) is 4.78. The van der Waals surface area contributed by atoms with Crippen LogP contribution in [0.5, 0.6) is 0 Å². The summed E-state index contributed by atoms with van der Waals surface area (Å²) in [6.07, 6.45) is 0.417. The van der Waals surface area contributed by atoms with Gasteiger partial charge in [0, 0.05) is 5.02 Å². The third kappa shape index (κ3) is 2.29. The molecule has 1 heterocycles. The summed E-state index contributed by atoms with van der Waals surface area (Å²) in [5, 5.41) is 2.30. The van der Waals surface area contributed by atoms with Crippen LogP contribution in [0.15, 0.2) is 18.2 Å². The van der Waals surface area contributed by atoms with Crippen molar-refractivity contribution in [2.45, 2.75) is 26.7 Å². The Morgan fingerprint density at radius 1 is 1.24 bits per heavy atom. The zero-order valence-corrected chi connectivity index (χ0v) is 12.3. The highest BCUT2D eigenvalue weighted by molar-refractivity contribution is 6.32. The van der Waals surface area contributed by atoms with E-state index < -0.39 is 29.1 Å². The molecule has 21 heavy (non-hydrogen) atoms. The van der Waals surface area contributed by atoms with Crippen LogP contribution < -0.4 is 10.2 Å². The molecule has 0 bridgehead atoms. The van der Waals surface area contributed by atoms with Gasteiger partial charge < -0.3 is 0 Å². The van der Waals surface area contributed by atoms with Gasteiger partial charge in [0.1, 0.15) is 11.2 Å². The molecule has 0 aliphatic carbocycles. The molecule has 7 heteroatoms. The van der Waals surface area contributed by atoms with E-state index in [1.807, 2.05) is 0 Å². The third-order valence-electron chi connectivity index (χ3n) is 3.83. The predicted molar refractivity (Wildman–Crippen MR) is 75.4 cm³/mol. The number of nitrogens with zero attached hydrogens (tertiary/aromatic N) is 1. The molecule has 1 aliphatic rings. The maximum atomic E-state index is 13.9. The van der Waals surface area contributed by atoms with Crippen molar-refractivity contribution in [2.24, 2.45) is 5.41 Å². The molecule has 0 unspecified atom stereocenters. The number of hydrogen-bond acceptors (Lipinski definition) is 3. The summed E-state index contributed by atoms with van der Waals surface area (Å²) in [5.41, 5.74) is -1.63. The van der Waals surface area contributed by atoms with Crippen LogP contribution >= 0.6 is 11.6 Å². The summed E-state index contributed by atoms with van der Waals surface area (Å²) >= 11 is 5.80. The van der Waals surface area contributed by atoms with Crippen molar-refractivity contribution in [3.63, 3.8) is 0 Å². The van der Waals surface area contributed by atoms with Crippen LogP contribution in [-0.4, -0.2) is 17.8 Å². The van der Waals surface area contributed by atoms with E-state index in [-0.39, 0.29) is 23.6 Å². The van der Waals surface area contributed by atoms with E-state index in [1.165, 1.54) is 12.1 Å². The molecular formula is C14H14ClFN2O3. The number of anilines is 1. The summed E-state index contributed by atoms with van der Waals surface area (Å²) in [4.78, 5) is 37.3. The number of imide groups is 2. The zero-order valence-electron chi connectivity index (χ0n) is 11.6. The van der Waals surface area contributed by atoms with Gasteiger partial charge in [0.25, 0.3) is 5.91 Å². The summed E-state index contributed by atoms with van der Waals surface area (Å²) in [5.74, 6) is -2.15. The minimum Gasteiger partial charge on any atom is -0.276 e. The van der Waals surface area contributed by atoms with E-state index in [9.17, 15) is 18.8 Å². The number of halogens is 2. The highest BCUT2D eigenvalue weighted by Gasteiger charge is 2.52. The van der Waals surface area contributed by atoms with Crippen molar-refractivity contribution in [1.82, 2.24) is 5.32 Å². The fraction of sp³-hybridized carbons (Fsp3) is 0.357. The van der Waals surface area contributed by atoms with Crippen molar-refractivity contribution >= 4 is 35.1 Å². The molecule has 1 N–H and O–H groups in total. The van der Waals surface area contributed by atoms with E-state index >= 15 is 0 Å².